The van der Waals surface area contributed by atoms with Gasteiger partial charge in [-0.15, -0.1) is 0 Å². The molecule has 1 heterocycles. The summed E-state index contributed by atoms with van der Waals surface area (Å²) in [6.45, 7) is 6.81. The Bertz CT molecular complexity index is 809. The van der Waals surface area contributed by atoms with Crippen molar-refractivity contribution in [2.75, 3.05) is 13.6 Å². The van der Waals surface area contributed by atoms with Crippen molar-refractivity contribution >= 4 is 5.97 Å². The first-order chi connectivity index (χ1) is 14.2. The molecule has 1 saturated carbocycles. The molecule has 0 unspecified atom stereocenters. The predicted octanol–water partition coefficient (Wildman–Crippen LogP) is 3.33. The van der Waals surface area contributed by atoms with E-state index >= 15 is 0 Å². The molecular weight excluding hydrogens is 378 g/mol. The van der Waals surface area contributed by atoms with Gasteiger partial charge in [0.2, 0.25) is 0 Å². The summed E-state index contributed by atoms with van der Waals surface area (Å²) < 4.78 is 5.77. The van der Waals surface area contributed by atoms with E-state index in [1.54, 1.807) is 0 Å². The third-order valence-corrected chi connectivity index (χ3v) is 8.35. The van der Waals surface area contributed by atoms with Gasteiger partial charge in [0.25, 0.3) is 0 Å². The van der Waals surface area contributed by atoms with Crippen LogP contribution < -0.4 is 0 Å². The summed E-state index contributed by atoms with van der Waals surface area (Å²) in [7, 11) is 1.93. The van der Waals surface area contributed by atoms with Gasteiger partial charge < -0.3 is 14.9 Å². The van der Waals surface area contributed by atoms with Gasteiger partial charge in [-0.1, -0.05) is 55.8 Å². The average Bonchev–Trinajstić information content (AvgIpc) is 3.05. The Kier molecular flexibility index (Phi) is 5.82. The van der Waals surface area contributed by atoms with Gasteiger partial charge in [-0.3, -0.25) is 9.69 Å². The van der Waals surface area contributed by atoms with Gasteiger partial charge in [0, 0.05) is 30.3 Å². The third-order valence-electron chi connectivity index (χ3n) is 8.35. The Morgan fingerprint density at radius 1 is 1.30 bits per heavy atom. The molecule has 1 aromatic rings. The molecule has 1 aliphatic heterocycles. The second-order valence-electron chi connectivity index (χ2n) is 9.83. The van der Waals surface area contributed by atoms with Crippen molar-refractivity contribution in [2.45, 2.75) is 64.4 Å². The Labute approximate surface area is 179 Å². The second-order valence-corrected chi connectivity index (χ2v) is 9.83. The number of benzene rings is 1. The molecule has 2 N–H and O–H groups in total. The fourth-order valence-corrected chi connectivity index (χ4v) is 5.92. The van der Waals surface area contributed by atoms with Crippen molar-refractivity contribution in [3.8, 4) is 0 Å². The second kappa shape index (κ2) is 8.10. The van der Waals surface area contributed by atoms with Crippen molar-refractivity contribution in [3.05, 3.63) is 47.5 Å². The van der Waals surface area contributed by atoms with E-state index in [1.807, 2.05) is 49.2 Å². The topological polar surface area (TPSA) is 70.0 Å². The summed E-state index contributed by atoms with van der Waals surface area (Å²) in [5, 5.41) is 22.3. The lowest BCUT2D eigenvalue weighted by molar-refractivity contribution is -0.145. The molecule has 1 aromatic carbocycles. The molecule has 0 bridgehead atoms. The third kappa shape index (κ3) is 3.41. The number of carbonyl (C=O) groups excluding carboxylic acids is 1. The predicted molar refractivity (Wildman–Crippen MR) is 116 cm³/mol. The number of rotatable bonds is 5. The van der Waals surface area contributed by atoms with Gasteiger partial charge in [-0.05, 0) is 38.3 Å². The highest BCUT2D eigenvalue weighted by molar-refractivity contribution is 5.76. The van der Waals surface area contributed by atoms with E-state index in [4.69, 9.17) is 4.74 Å². The minimum absolute atomic E-state index is 0.167. The molecule has 0 radical (unpaired) electrons. The standard InChI is InChI=1S/C25H35NO4/c1-15-9-8-12-18-13-20-21(23(28)25(15,18)3)19(24(29)30-20)14-26(4)16(2)22(27)17-10-6-5-7-11-17/h5-7,10-12,15-16,19-23,27-28H,8-9,13-14H2,1-4H3/t15-,16-,19-,20+,21+,22+,23+,25+/m0/s1. The molecule has 5 nitrogen and oxygen atoms in total. The fraction of sp³-hybridized carbons (Fsp3) is 0.640. The largest absolute Gasteiger partial charge is 0.461 e. The fourth-order valence-electron chi connectivity index (χ4n) is 5.92. The highest BCUT2D eigenvalue weighted by Crippen LogP contribution is 2.56. The van der Waals surface area contributed by atoms with Crippen molar-refractivity contribution in [1.29, 1.82) is 0 Å². The van der Waals surface area contributed by atoms with Crippen molar-refractivity contribution in [2.24, 2.45) is 23.2 Å². The van der Waals surface area contributed by atoms with E-state index in [2.05, 4.69) is 19.9 Å². The number of aliphatic hydroxyl groups is 2. The minimum atomic E-state index is -0.647. The lowest BCUT2D eigenvalue weighted by Gasteiger charge is -2.52. The number of hydrogen-bond donors (Lipinski definition) is 2. The molecule has 0 aromatic heterocycles. The van der Waals surface area contributed by atoms with Crippen LogP contribution in [0, 0.1) is 23.2 Å². The van der Waals surface area contributed by atoms with Gasteiger partial charge in [-0.25, -0.2) is 0 Å². The number of hydrogen-bond acceptors (Lipinski definition) is 5. The number of ether oxygens (including phenoxy) is 1. The Balaban J connectivity index is 1.52. The summed E-state index contributed by atoms with van der Waals surface area (Å²) in [4.78, 5) is 14.9. The van der Waals surface area contributed by atoms with E-state index in [1.165, 1.54) is 5.57 Å². The lowest BCUT2D eigenvalue weighted by atomic mass is 9.55. The molecule has 164 valence electrons. The van der Waals surface area contributed by atoms with Crippen LogP contribution in [0.2, 0.25) is 0 Å². The number of aliphatic hydroxyl groups excluding tert-OH is 2. The summed E-state index contributed by atoms with van der Waals surface area (Å²) >= 11 is 0. The van der Waals surface area contributed by atoms with Crippen LogP contribution in [0.3, 0.4) is 0 Å². The molecule has 0 spiro atoms. The molecule has 0 amide bonds. The van der Waals surface area contributed by atoms with E-state index in [-0.39, 0.29) is 35.4 Å². The van der Waals surface area contributed by atoms with Crippen LogP contribution in [-0.4, -0.2) is 52.9 Å². The molecule has 4 rings (SSSR count). The lowest BCUT2D eigenvalue weighted by Crippen LogP contribution is -2.55. The van der Waals surface area contributed by atoms with Crippen molar-refractivity contribution in [3.63, 3.8) is 0 Å². The molecule has 3 aliphatic rings. The van der Waals surface area contributed by atoms with E-state index in [0.717, 1.165) is 24.8 Å². The van der Waals surface area contributed by atoms with Crippen molar-refractivity contribution < 1.29 is 19.7 Å². The molecule has 2 aliphatic carbocycles. The Morgan fingerprint density at radius 2 is 2.00 bits per heavy atom. The van der Waals surface area contributed by atoms with Crippen LogP contribution >= 0.6 is 0 Å². The van der Waals surface area contributed by atoms with Crippen molar-refractivity contribution in [1.82, 2.24) is 4.90 Å². The summed E-state index contributed by atoms with van der Waals surface area (Å²) in [6.07, 6.45) is 3.59. The molecule has 30 heavy (non-hydrogen) atoms. The number of fused-ring (bicyclic) bond motifs is 2. The van der Waals surface area contributed by atoms with E-state index < -0.39 is 12.2 Å². The quantitative estimate of drug-likeness (QED) is 0.572. The normalized spacial score (nSPS) is 37.8. The van der Waals surface area contributed by atoms with Gasteiger partial charge in [0.15, 0.2) is 0 Å². The van der Waals surface area contributed by atoms with E-state index in [0.29, 0.717) is 12.5 Å². The smallest absolute Gasteiger partial charge is 0.311 e. The highest BCUT2D eigenvalue weighted by atomic mass is 16.6. The first-order valence-corrected chi connectivity index (χ1v) is 11.3. The zero-order chi connectivity index (χ0) is 21.6. The van der Waals surface area contributed by atoms with Crippen LogP contribution in [0.4, 0.5) is 0 Å². The summed E-state index contributed by atoms with van der Waals surface area (Å²) in [6, 6.07) is 9.43. The Morgan fingerprint density at radius 3 is 2.70 bits per heavy atom. The zero-order valence-corrected chi connectivity index (χ0v) is 18.5. The monoisotopic (exact) mass is 413 g/mol. The number of likely N-dealkylation sites (N-methyl/N-ethyl adjacent to an activating group) is 1. The average molecular weight is 414 g/mol. The first kappa shape index (κ1) is 21.5. The molecule has 5 heteroatoms. The summed E-state index contributed by atoms with van der Waals surface area (Å²) in [5.41, 5.74) is 1.82. The maximum atomic E-state index is 12.8. The van der Waals surface area contributed by atoms with Crippen LogP contribution in [0.1, 0.15) is 51.7 Å². The van der Waals surface area contributed by atoms with Gasteiger partial charge in [-0.2, -0.15) is 0 Å². The molecule has 8 atom stereocenters. The number of allylic oxidation sites excluding steroid dienone is 1. The van der Waals surface area contributed by atoms with Crippen LogP contribution in [-0.2, 0) is 9.53 Å². The first-order valence-electron chi connectivity index (χ1n) is 11.3. The van der Waals surface area contributed by atoms with Gasteiger partial charge in [0.05, 0.1) is 18.1 Å². The summed E-state index contributed by atoms with van der Waals surface area (Å²) in [5.74, 6) is -0.425. The molecular formula is C25H35NO4. The number of carbonyl (C=O) groups is 1. The maximum Gasteiger partial charge on any atom is 0.311 e. The minimum Gasteiger partial charge on any atom is -0.461 e. The maximum absolute atomic E-state index is 12.8. The number of esters is 1. The SMILES string of the molecule is C[C@@H]([C@@H](O)c1ccccc1)N(C)C[C@@H]1C(=O)O[C@@H]2CC3=CCC[C@H](C)[C@@]3(C)[C@H](O)[C@H]12. The van der Waals surface area contributed by atoms with Crippen LogP contribution in [0.5, 0.6) is 0 Å². The van der Waals surface area contributed by atoms with Gasteiger partial charge in [0.1, 0.15) is 6.10 Å². The van der Waals surface area contributed by atoms with E-state index in [9.17, 15) is 15.0 Å². The van der Waals surface area contributed by atoms with Crippen LogP contribution in [0.15, 0.2) is 42.0 Å². The zero-order valence-electron chi connectivity index (χ0n) is 18.5. The molecule has 1 saturated heterocycles. The van der Waals surface area contributed by atoms with Gasteiger partial charge >= 0.3 is 5.97 Å². The number of nitrogens with zero attached hydrogens (tertiary/aromatic N) is 1. The highest BCUT2D eigenvalue weighted by Gasteiger charge is 2.59. The molecule has 2 fully saturated rings. The van der Waals surface area contributed by atoms with Crippen LogP contribution in [0.25, 0.3) is 0 Å². The Hall–Kier alpha value is -1.69.